The van der Waals surface area contributed by atoms with Crippen molar-refractivity contribution in [1.82, 2.24) is 20.3 Å². The molecule has 3 rings (SSSR count). The highest BCUT2D eigenvalue weighted by atomic mass is 32.1. The summed E-state index contributed by atoms with van der Waals surface area (Å²) in [5.41, 5.74) is 9.17. The lowest BCUT2D eigenvalue weighted by Gasteiger charge is -2.14. The number of amides is 1. The third kappa shape index (κ3) is 4.56. The van der Waals surface area contributed by atoms with Gasteiger partial charge in [0.25, 0.3) is 5.91 Å². The lowest BCUT2D eigenvalue weighted by molar-refractivity contribution is 0.0954. The van der Waals surface area contributed by atoms with Crippen LogP contribution in [-0.4, -0.2) is 27.4 Å². The third-order valence-corrected chi connectivity index (χ3v) is 5.43. The zero-order valence-electron chi connectivity index (χ0n) is 15.6. The van der Waals surface area contributed by atoms with E-state index in [1.807, 2.05) is 19.1 Å². The van der Waals surface area contributed by atoms with Crippen molar-refractivity contribution in [1.29, 1.82) is 0 Å². The molecule has 140 valence electrons. The maximum Gasteiger partial charge on any atom is 0.263 e. The number of hydrogen-bond acceptors (Lipinski definition) is 6. The van der Waals surface area contributed by atoms with Crippen LogP contribution in [0.25, 0.3) is 10.8 Å². The maximum absolute atomic E-state index is 12.6. The Morgan fingerprint density at radius 1 is 1.15 bits per heavy atom. The summed E-state index contributed by atoms with van der Waals surface area (Å²) in [5, 5.41) is 3.54. The van der Waals surface area contributed by atoms with Gasteiger partial charge in [-0.3, -0.25) is 4.79 Å². The Morgan fingerprint density at radius 3 is 2.41 bits per heavy atom. The van der Waals surface area contributed by atoms with Crippen molar-refractivity contribution < 1.29 is 4.79 Å². The molecule has 0 bridgehead atoms. The largest absolute Gasteiger partial charge is 0.349 e. The van der Waals surface area contributed by atoms with E-state index in [2.05, 4.69) is 46.2 Å². The molecule has 1 aromatic carbocycles. The third-order valence-electron chi connectivity index (χ3n) is 4.27. The molecule has 2 aromatic heterocycles. The molecule has 0 radical (unpaired) electrons. The van der Waals surface area contributed by atoms with Crippen molar-refractivity contribution in [2.24, 2.45) is 5.73 Å². The van der Waals surface area contributed by atoms with E-state index in [0.29, 0.717) is 33.9 Å². The van der Waals surface area contributed by atoms with E-state index in [1.165, 1.54) is 16.9 Å². The fraction of sp³-hybridized carbons (Fsp3) is 0.300. The topological polar surface area (TPSA) is 93.8 Å². The first kappa shape index (κ1) is 19.1. The molecule has 0 spiro atoms. The van der Waals surface area contributed by atoms with Crippen LogP contribution in [0.5, 0.6) is 0 Å². The van der Waals surface area contributed by atoms with Gasteiger partial charge in [0.15, 0.2) is 10.8 Å². The number of nitrogens with one attached hydrogen (secondary N) is 1. The number of carbonyl (C=O) groups excluding carboxylic acids is 1. The van der Waals surface area contributed by atoms with Gasteiger partial charge in [-0.15, -0.1) is 11.3 Å². The van der Waals surface area contributed by atoms with Crippen LogP contribution >= 0.6 is 11.3 Å². The van der Waals surface area contributed by atoms with Crippen LogP contribution in [0.1, 0.15) is 52.3 Å². The van der Waals surface area contributed by atoms with Crippen LogP contribution in [0.15, 0.2) is 42.7 Å². The summed E-state index contributed by atoms with van der Waals surface area (Å²) in [6, 6.07) is 9.69. The quantitative estimate of drug-likeness (QED) is 0.682. The fourth-order valence-corrected chi connectivity index (χ4v) is 3.57. The highest BCUT2D eigenvalue weighted by Gasteiger charge is 2.18. The van der Waals surface area contributed by atoms with Gasteiger partial charge >= 0.3 is 0 Å². The normalized spacial score (nSPS) is 12.2. The molecule has 3 aromatic rings. The second-order valence-electron chi connectivity index (χ2n) is 6.64. The number of thiazole rings is 1. The van der Waals surface area contributed by atoms with Crippen molar-refractivity contribution >= 4 is 17.2 Å². The summed E-state index contributed by atoms with van der Waals surface area (Å²) in [6.45, 7) is 6.47. The first-order valence-corrected chi connectivity index (χ1v) is 9.65. The second-order valence-corrected chi connectivity index (χ2v) is 7.64. The molecule has 1 atom stereocenters. The maximum atomic E-state index is 12.6. The van der Waals surface area contributed by atoms with Crippen LogP contribution < -0.4 is 11.1 Å². The van der Waals surface area contributed by atoms with Gasteiger partial charge in [-0.25, -0.2) is 15.0 Å². The monoisotopic (exact) mass is 381 g/mol. The molecule has 1 unspecified atom stereocenters. The molecule has 7 heteroatoms. The average Bonchev–Trinajstić information content (AvgIpc) is 3.08. The van der Waals surface area contributed by atoms with E-state index >= 15 is 0 Å². The number of rotatable bonds is 6. The smallest absolute Gasteiger partial charge is 0.263 e. The highest BCUT2D eigenvalue weighted by molar-refractivity contribution is 7.17. The zero-order chi connectivity index (χ0) is 19.4. The van der Waals surface area contributed by atoms with Gasteiger partial charge in [-0.2, -0.15) is 0 Å². The molecular weight excluding hydrogens is 358 g/mol. The van der Waals surface area contributed by atoms with Crippen LogP contribution in [-0.2, 0) is 0 Å². The molecular formula is C20H23N5OS. The highest BCUT2D eigenvalue weighted by Crippen LogP contribution is 2.25. The summed E-state index contributed by atoms with van der Waals surface area (Å²) < 4.78 is 0. The lowest BCUT2D eigenvalue weighted by Crippen LogP contribution is -2.31. The van der Waals surface area contributed by atoms with Crippen LogP contribution in [0.4, 0.5) is 0 Å². The Kier molecular flexibility index (Phi) is 5.93. The Labute approximate surface area is 162 Å². The summed E-state index contributed by atoms with van der Waals surface area (Å²) in [4.78, 5) is 25.9. The molecule has 2 heterocycles. The molecule has 0 saturated heterocycles. The van der Waals surface area contributed by atoms with Gasteiger partial charge in [-0.05, 0) is 30.0 Å². The van der Waals surface area contributed by atoms with E-state index in [-0.39, 0.29) is 11.9 Å². The number of benzene rings is 1. The van der Waals surface area contributed by atoms with Crippen LogP contribution in [0.2, 0.25) is 0 Å². The molecule has 0 fully saturated rings. The number of hydrogen-bond donors (Lipinski definition) is 2. The number of nitrogens with zero attached hydrogens (tertiary/aromatic N) is 3. The van der Waals surface area contributed by atoms with Gasteiger partial charge in [0.05, 0.1) is 5.69 Å². The summed E-state index contributed by atoms with van der Waals surface area (Å²) in [6.07, 6.45) is 3.31. The van der Waals surface area contributed by atoms with Crippen molar-refractivity contribution in [2.45, 2.75) is 32.7 Å². The Hall–Kier alpha value is -2.64. The molecule has 1 amide bonds. The first-order valence-electron chi connectivity index (χ1n) is 8.84. The van der Waals surface area contributed by atoms with E-state index in [0.717, 1.165) is 5.56 Å². The molecule has 0 saturated carbocycles. The Balaban J connectivity index is 1.64. The van der Waals surface area contributed by atoms with Crippen LogP contribution in [0, 0.1) is 6.92 Å². The number of nitrogens with two attached hydrogens (primary N) is 1. The van der Waals surface area contributed by atoms with E-state index < -0.39 is 0 Å². The van der Waals surface area contributed by atoms with Crippen molar-refractivity contribution in [3.8, 4) is 10.8 Å². The van der Waals surface area contributed by atoms with Crippen LogP contribution in [0.3, 0.4) is 0 Å². The second kappa shape index (κ2) is 8.37. The van der Waals surface area contributed by atoms with E-state index in [4.69, 9.17) is 5.73 Å². The molecule has 0 aliphatic carbocycles. The van der Waals surface area contributed by atoms with E-state index in [1.54, 1.807) is 18.5 Å². The molecule has 27 heavy (non-hydrogen) atoms. The van der Waals surface area contributed by atoms with Gasteiger partial charge in [-0.1, -0.05) is 38.1 Å². The predicted molar refractivity (Wildman–Crippen MR) is 108 cm³/mol. The number of aromatic nitrogens is 3. The minimum atomic E-state index is -0.264. The van der Waals surface area contributed by atoms with Crippen molar-refractivity contribution in [2.75, 3.05) is 6.54 Å². The van der Waals surface area contributed by atoms with Gasteiger partial charge in [0.2, 0.25) is 0 Å². The minimum Gasteiger partial charge on any atom is -0.349 e. The standard InChI is InChI=1S/C20H23N5OS/c1-12(2)14-5-7-15(8-6-14)16(21)11-24-19(26)17-13(3)25-20(27-17)18-22-9-4-10-23-18/h4-10,12,16H,11,21H2,1-3H3,(H,24,26). The minimum absolute atomic E-state index is 0.179. The number of carbonyl (C=O) groups is 1. The Bertz CT molecular complexity index is 906. The molecule has 0 aliphatic heterocycles. The summed E-state index contributed by atoms with van der Waals surface area (Å²) >= 11 is 1.28. The summed E-state index contributed by atoms with van der Waals surface area (Å²) in [7, 11) is 0. The lowest BCUT2D eigenvalue weighted by atomic mass is 9.99. The predicted octanol–water partition coefficient (Wildman–Crippen LogP) is 3.46. The van der Waals surface area contributed by atoms with Gasteiger partial charge < -0.3 is 11.1 Å². The van der Waals surface area contributed by atoms with Gasteiger partial charge in [0.1, 0.15) is 4.88 Å². The van der Waals surface area contributed by atoms with E-state index in [9.17, 15) is 4.79 Å². The fourth-order valence-electron chi connectivity index (χ4n) is 2.64. The molecule has 0 aliphatic rings. The van der Waals surface area contributed by atoms with Crippen molar-refractivity contribution in [3.05, 3.63) is 64.4 Å². The average molecular weight is 382 g/mol. The SMILES string of the molecule is Cc1nc(-c2ncccn2)sc1C(=O)NCC(N)c1ccc(C(C)C)cc1. The van der Waals surface area contributed by atoms with Crippen molar-refractivity contribution in [3.63, 3.8) is 0 Å². The number of aryl methyl sites for hydroxylation is 1. The zero-order valence-corrected chi connectivity index (χ0v) is 16.5. The molecule has 6 nitrogen and oxygen atoms in total. The first-order chi connectivity index (χ1) is 13.0. The van der Waals surface area contributed by atoms with Gasteiger partial charge in [0, 0.05) is 25.0 Å². The Morgan fingerprint density at radius 2 is 1.78 bits per heavy atom. The summed E-state index contributed by atoms with van der Waals surface area (Å²) in [5.74, 6) is 0.820. The molecule has 3 N–H and O–H groups in total.